The second-order valence-electron chi connectivity index (χ2n) is 4.56. The normalized spacial score (nSPS) is 10.2. The van der Waals surface area contributed by atoms with Crippen LogP contribution in [0.25, 0.3) is 0 Å². The molecule has 1 amide bonds. The molecule has 2 aromatic rings. The van der Waals surface area contributed by atoms with E-state index >= 15 is 0 Å². The number of amides is 1. The summed E-state index contributed by atoms with van der Waals surface area (Å²) in [6.45, 7) is 0. The zero-order valence-corrected chi connectivity index (χ0v) is 14.2. The van der Waals surface area contributed by atoms with Crippen LogP contribution in [0.5, 0.6) is 11.5 Å². The Balaban J connectivity index is 2.45. The fourth-order valence-corrected chi connectivity index (χ4v) is 2.31. The minimum Gasteiger partial charge on any atom is -0.493 e. The van der Waals surface area contributed by atoms with Gasteiger partial charge in [-0.3, -0.25) is 14.9 Å². The van der Waals surface area contributed by atoms with Crippen molar-refractivity contribution in [2.45, 2.75) is 0 Å². The van der Waals surface area contributed by atoms with E-state index in [-0.39, 0.29) is 22.7 Å². The van der Waals surface area contributed by atoms with Gasteiger partial charge in [0.05, 0.1) is 30.9 Å². The Morgan fingerprint density at radius 1 is 1.21 bits per heavy atom. The van der Waals surface area contributed by atoms with Crippen molar-refractivity contribution in [2.75, 3.05) is 19.5 Å². The van der Waals surface area contributed by atoms with Crippen molar-refractivity contribution in [3.63, 3.8) is 0 Å². The third-order valence-corrected chi connectivity index (χ3v) is 3.62. The number of hydrogen-bond acceptors (Lipinski definition) is 5. The van der Waals surface area contributed by atoms with Gasteiger partial charge in [0.15, 0.2) is 11.5 Å². The Hall–Kier alpha value is -2.68. The van der Waals surface area contributed by atoms with Gasteiger partial charge in [-0.1, -0.05) is 15.9 Å². The monoisotopic (exact) mass is 398 g/mol. The van der Waals surface area contributed by atoms with Crippen LogP contribution in [0.1, 0.15) is 10.4 Å². The van der Waals surface area contributed by atoms with Crippen LogP contribution in [-0.2, 0) is 0 Å². The van der Waals surface area contributed by atoms with Gasteiger partial charge in [0.2, 0.25) is 0 Å². The number of hydrogen-bond donors (Lipinski definition) is 1. The third kappa shape index (κ3) is 3.62. The number of nitro groups is 1. The van der Waals surface area contributed by atoms with Crippen molar-refractivity contribution in [2.24, 2.45) is 0 Å². The summed E-state index contributed by atoms with van der Waals surface area (Å²) in [5, 5.41) is 13.5. The predicted molar refractivity (Wildman–Crippen MR) is 88.3 cm³/mol. The standard InChI is InChI=1S/C15H12BrFN2O5/c1-23-13-6-9(12(19(21)22)7-14(13)24-2)15(20)18-11-4-3-8(16)5-10(11)17/h3-7H,1-2H3,(H,18,20). The number of halogens is 2. The van der Waals surface area contributed by atoms with Crippen molar-refractivity contribution < 1.29 is 23.6 Å². The minimum absolute atomic E-state index is 0.104. The molecule has 0 unspecified atom stereocenters. The van der Waals surface area contributed by atoms with Crippen molar-refractivity contribution in [3.05, 3.63) is 56.3 Å². The molecule has 0 aromatic heterocycles. The van der Waals surface area contributed by atoms with E-state index in [0.717, 1.165) is 6.07 Å². The van der Waals surface area contributed by atoms with E-state index in [1.54, 1.807) is 0 Å². The van der Waals surface area contributed by atoms with Gasteiger partial charge in [-0.05, 0) is 18.2 Å². The average molecular weight is 399 g/mol. The molecule has 0 spiro atoms. The molecule has 1 N–H and O–H groups in total. The van der Waals surface area contributed by atoms with Crippen LogP contribution < -0.4 is 14.8 Å². The maximum atomic E-state index is 13.8. The number of rotatable bonds is 5. The van der Waals surface area contributed by atoms with Crippen molar-refractivity contribution in [1.82, 2.24) is 0 Å². The lowest BCUT2D eigenvalue weighted by molar-refractivity contribution is -0.385. The lowest BCUT2D eigenvalue weighted by Crippen LogP contribution is -2.15. The largest absolute Gasteiger partial charge is 0.493 e. The van der Waals surface area contributed by atoms with E-state index < -0.39 is 22.3 Å². The van der Waals surface area contributed by atoms with Crippen LogP contribution in [0.2, 0.25) is 0 Å². The van der Waals surface area contributed by atoms with Crippen molar-refractivity contribution >= 4 is 33.2 Å². The zero-order chi connectivity index (χ0) is 17.9. The molecule has 0 saturated carbocycles. The molecule has 0 saturated heterocycles. The van der Waals surface area contributed by atoms with Crippen LogP contribution in [0.15, 0.2) is 34.8 Å². The number of anilines is 1. The lowest BCUT2D eigenvalue weighted by atomic mass is 10.1. The summed E-state index contributed by atoms with van der Waals surface area (Å²) < 4.78 is 24.4. The second kappa shape index (κ2) is 7.26. The molecule has 0 aliphatic carbocycles. The van der Waals surface area contributed by atoms with E-state index in [2.05, 4.69) is 21.2 Å². The first-order valence-electron chi connectivity index (χ1n) is 6.54. The van der Waals surface area contributed by atoms with Gasteiger partial charge in [-0.15, -0.1) is 0 Å². The number of benzene rings is 2. The van der Waals surface area contributed by atoms with Gasteiger partial charge < -0.3 is 14.8 Å². The van der Waals surface area contributed by atoms with E-state index in [4.69, 9.17) is 9.47 Å². The molecule has 0 bridgehead atoms. The molecule has 0 radical (unpaired) electrons. The SMILES string of the molecule is COc1cc(C(=O)Nc2ccc(Br)cc2F)c([N+](=O)[O-])cc1OC. The molecule has 0 heterocycles. The van der Waals surface area contributed by atoms with Crippen LogP contribution in [-0.4, -0.2) is 25.1 Å². The van der Waals surface area contributed by atoms with Gasteiger partial charge >= 0.3 is 0 Å². The van der Waals surface area contributed by atoms with Gasteiger partial charge in [0.1, 0.15) is 11.4 Å². The summed E-state index contributed by atoms with van der Waals surface area (Å²) in [4.78, 5) is 22.8. The summed E-state index contributed by atoms with van der Waals surface area (Å²) in [6.07, 6.45) is 0. The molecule has 0 aliphatic heterocycles. The summed E-state index contributed by atoms with van der Waals surface area (Å²) >= 11 is 3.10. The van der Waals surface area contributed by atoms with Crippen LogP contribution >= 0.6 is 15.9 Å². The topological polar surface area (TPSA) is 90.7 Å². The first-order chi connectivity index (χ1) is 11.4. The molecule has 0 atom stereocenters. The van der Waals surface area contributed by atoms with E-state index in [9.17, 15) is 19.3 Å². The number of nitrogens with one attached hydrogen (secondary N) is 1. The lowest BCUT2D eigenvalue weighted by Gasteiger charge is -2.11. The van der Waals surface area contributed by atoms with Gasteiger partial charge in [-0.2, -0.15) is 0 Å². The maximum absolute atomic E-state index is 13.8. The highest BCUT2D eigenvalue weighted by atomic mass is 79.9. The molecule has 9 heteroatoms. The Morgan fingerprint density at radius 3 is 2.38 bits per heavy atom. The average Bonchev–Trinajstić information content (AvgIpc) is 2.55. The van der Waals surface area contributed by atoms with Crippen LogP contribution in [0, 0.1) is 15.9 Å². The summed E-state index contributed by atoms with van der Waals surface area (Å²) in [6, 6.07) is 6.28. The maximum Gasteiger partial charge on any atom is 0.286 e. The number of carbonyl (C=O) groups excluding carboxylic acids is 1. The van der Waals surface area contributed by atoms with Gasteiger partial charge in [0.25, 0.3) is 11.6 Å². The molecule has 2 rings (SSSR count). The molecule has 24 heavy (non-hydrogen) atoms. The van der Waals surface area contributed by atoms with Crippen LogP contribution in [0.3, 0.4) is 0 Å². The number of nitrogens with zero attached hydrogens (tertiary/aromatic N) is 1. The highest BCUT2D eigenvalue weighted by Gasteiger charge is 2.25. The first kappa shape index (κ1) is 17.7. The molecular weight excluding hydrogens is 387 g/mol. The number of nitro benzene ring substituents is 1. The summed E-state index contributed by atoms with van der Waals surface area (Å²) in [5.41, 5.74) is -0.866. The smallest absolute Gasteiger partial charge is 0.286 e. The molecular formula is C15H12BrFN2O5. The minimum atomic E-state index is -0.844. The van der Waals surface area contributed by atoms with E-state index in [1.807, 2.05) is 0 Å². The van der Waals surface area contributed by atoms with E-state index in [0.29, 0.717) is 4.47 Å². The molecule has 126 valence electrons. The number of carbonyl (C=O) groups is 1. The number of ether oxygens (including phenoxy) is 2. The fraction of sp³-hybridized carbons (Fsp3) is 0.133. The second-order valence-corrected chi connectivity index (χ2v) is 5.48. The number of methoxy groups -OCH3 is 2. The highest BCUT2D eigenvalue weighted by Crippen LogP contribution is 2.35. The highest BCUT2D eigenvalue weighted by molar-refractivity contribution is 9.10. The molecule has 0 fully saturated rings. The quantitative estimate of drug-likeness (QED) is 0.611. The Kier molecular flexibility index (Phi) is 5.35. The fourth-order valence-electron chi connectivity index (χ4n) is 1.98. The summed E-state index contributed by atoms with van der Waals surface area (Å²) in [5.74, 6) is -1.27. The van der Waals surface area contributed by atoms with Gasteiger partial charge in [-0.25, -0.2) is 4.39 Å². The molecule has 7 nitrogen and oxygen atoms in total. The zero-order valence-electron chi connectivity index (χ0n) is 12.6. The van der Waals surface area contributed by atoms with Crippen molar-refractivity contribution in [1.29, 1.82) is 0 Å². The van der Waals surface area contributed by atoms with E-state index in [1.165, 1.54) is 38.5 Å². The third-order valence-electron chi connectivity index (χ3n) is 3.12. The van der Waals surface area contributed by atoms with Crippen LogP contribution in [0.4, 0.5) is 15.8 Å². The Bertz CT molecular complexity index is 813. The first-order valence-corrected chi connectivity index (χ1v) is 7.33. The Labute approximate surface area is 144 Å². The molecule has 2 aromatic carbocycles. The predicted octanol–water partition coefficient (Wildman–Crippen LogP) is 3.77. The van der Waals surface area contributed by atoms with Gasteiger partial charge in [0, 0.05) is 10.5 Å². The Morgan fingerprint density at radius 2 is 1.83 bits per heavy atom. The molecule has 0 aliphatic rings. The summed E-state index contributed by atoms with van der Waals surface area (Å²) in [7, 11) is 2.65. The van der Waals surface area contributed by atoms with Crippen molar-refractivity contribution in [3.8, 4) is 11.5 Å².